The molecule has 1 aromatic rings. The second-order valence-electron chi connectivity index (χ2n) is 6.96. The topological polar surface area (TPSA) is 49.4 Å². The first-order valence-electron chi connectivity index (χ1n) is 7.60. The van der Waals surface area contributed by atoms with Gasteiger partial charge >= 0.3 is 0 Å². The van der Waals surface area contributed by atoms with Crippen LogP contribution in [0.25, 0.3) is 0 Å². The summed E-state index contributed by atoms with van der Waals surface area (Å²) in [5.41, 5.74) is 3.98. The highest BCUT2D eigenvalue weighted by atomic mass is 16.2. The van der Waals surface area contributed by atoms with Gasteiger partial charge in [-0.25, -0.2) is 0 Å². The molecule has 112 valence electrons. The average Bonchev–Trinajstić information content (AvgIpc) is 2.81. The number of nitrogens with zero attached hydrogens (tertiary/aromatic N) is 1. The van der Waals surface area contributed by atoms with Gasteiger partial charge in [0.15, 0.2) is 0 Å². The number of piperidine rings is 1. The van der Waals surface area contributed by atoms with Crippen molar-refractivity contribution in [2.45, 2.75) is 51.5 Å². The van der Waals surface area contributed by atoms with Crippen molar-refractivity contribution in [1.82, 2.24) is 5.32 Å². The van der Waals surface area contributed by atoms with Crippen LogP contribution in [0.5, 0.6) is 0 Å². The lowest BCUT2D eigenvalue weighted by Gasteiger charge is -2.32. The first-order valence-corrected chi connectivity index (χ1v) is 7.60. The molecule has 4 heteroatoms. The molecule has 0 aliphatic carbocycles. The molecule has 2 aliphatic rings. The minimum absolute atomic E-state index is 0.103. The van der Waals surface area contributed by atoms with Crippen LogP contribution in [0.15, 0.2) is 18.2 Å². The number of imide groups is 1. The molecule has 1 N–H and O–H groups in total. The van der Waals surface area contributed by atoms with Crippen LogP contribution >= 0.6 is 0 Å². The number of benzene rings is 1. The number of fused-ring (bicyclic) bond motifs is 1. The minimum Gasteiger partial charge on any atom is -0.359 e. The molecule has 1 unspecified atom stereocenters. The van der Waals surface area contributed by atoms with Crippen molar-refractivity contribution in [3.63, 3.8) is 0 Å². The Kier molecular flexibility index (Phi) is 3.27. The van der Waals surface area contributed by atoms with Gasteiger partial charge in [0.1, 0.15) is 6.04 Å². The van der Waals surface area contributed by atoms with Gasteiger partial charge in [0.25, 0.3) is 0 Å². The van der Waals surface area contributed by atoms with Gasteiger partial charge in [-0.3, -0.25) is 14.9 Å². The second kappa shape index (κ2) is 4.86. The van der Waals surface area contributed by atoms with Crippen molar-refractivity contribution in [3.05, 3.63) is 29.3 Å². The normalized spacial score (nSPS) is 22.2. The van der Waals surface area contributed by atoms with Crippen molar-refractivity contribution in [1.29, 1.82) is 0 Å². The number of nitrogens with one attached hydrogen (secondary N) is 1. The molecule has 1 saturated heterocycles. The lowest BCUT2D eigenvalue weighted by atomic mass is 9.83. The number of rotatable bonds is 1. The smallest absolute Gasteiger partial charge is 0.249 e. The molecule has 0 aromatic heterocycles. The summed E-state index contributed by atoms with van der Waals surface area (Å²) in [6.07, 6.45) is 2.02. The van der Waals surface area contributed by atoms with E-state index in [9.17, 15) is 9.59 Å². The summed E-state index contributed by atoms with van der Waals surface area (Å²) in [5, 5.41) is 2.46. The van der Waals surface area contributed by atoms with Crippen molar-refractivity contribution in [2.75, 3.05) is 11.4 Å². The zero-order valence-corrected chi connectivity index (χ0v) is 12.9. The zero-order chi connectivity index (χ0) is 15.2. The molecular formula is C17H22N2O2. The number of hydrogen-bond acceptors (Lipinski definition) is 3. The van der Waals surface area contributed by atoms with Gasteiger partial charge in [0.05, 0.1) is 0 Å². The molecular weight excluding hydrogens is 264 g/mol. The third-order valence-corrected chi connectivity index (χ3v) is 4.46. The van der Waals surface area contributed by atoms with E-state index in [2.05, 4.69) is 49.2 Å². The SMILES string of the molecule is CC(C)(C)c1cccc2c1CCN2C1CCC(=O)NC1=O. The Morgan fingerprint density at radius 1 is 1.19 bits per heavy atom. The van der Waals surface area contributed by atoms with Gasteiger partial charge < -0.3 is 4.90 Å². The number of carbonyl (C=O) groups is 2. The summed E-state index contributed by atoms with van der Waals surface area (Å²) in [6.45, 7) is 7.51. The largest absolute Gasteiger partial charge is 0.359 e. The van der Waals surface area contributed by atoms with Crippen molar-refractivity contribution < 1.29 is 9.59 Å². The van der Waals surface area contributed by atoms with Crippen LogP contribution in [-0.2, 0) is 21.4 Å². The Balaban J connectivity index is 1.94. The maximum atomic E-state index is 12.1. The molecule has 2 amide bonds. The van der Waals surface area contributed by atoms with E-state index in [-0.39, 0.29) is 23.3 Å². The van der Waals surface area contributed by atoms with E-state index < -0.39 is 0 Å². The third kappa shape index (κ3) is 2.43. The molecule has 1 fully saturated rings. The predicted octanol–water partition coefficient (Wildman–Crippen LogP) is 2.15. The first-order chi connectivity index (χ1) is 9.88. The van der Waals surface area contributed by atoms with Crippen LogP contribution in [0, 0.1) is 0 Å². The maximum Gasteiger partial charge on any atom is 0.249 e. The summed E-state index contributed by atoms with van der Waals surface area (Å²) in [7, 11) is 0. The van der Waals surface area contributed by atoms with Crippen molar-refractivity contribution >= 4 is 17.5 Å². The van der Waals surface area contributed by atoms with Gasteiger partial charge in [-0.15, -0.1) is 0 Å². The fourth-order valence-electron chi connectivity index (χ4n) is 3.47. The molecule has 1 atom stereocenters. The van der Waals surface area contributed by atoms with Gasteiger partial charge in [-0.05, 0) is 35.4 Å². The minimum atomic E-state index is -0.209. The van der Waals surface area contributed by atoms with E-state index in [0.29, 0.717) is 12.8 Å². The Morgan fingerprint density at radius 2 is 1.95 bits per heavy atom. The van der Waals surface area contributed by atoms with Gasteiger partial charge in [0, 0.05) is 18.7 Å². The van der Waals surface area contributed by atoms with E-state index >= 15 is 0 Å². The standard InChI is InChI=1S/C17H22N2O2/c1-17(2,3)12-5-4-6-13-11(12)9-10-19(13)14-7-8-15(20)18-16(14)21/h4-6,14H,7-10H2,1-3H3,(H,18,20,21). The number of anilines is 1. The molecule has 4 nitrogen and oxygen atoms in total. The van der Waals surface area contributed by atoms with Gasteiger partial charge in [-0.2, -0.15) is 0 Å². The van der Waals surface area contributed by atoms with E-state index in [0.717, 1.165) is 18.7 Å². The van der Waals surface area contributed by atoms with Crippen LogP contribution in [0.4, 0.5) is 5.69 Å². The maximum absolute atomic E-state index is 12.1. The monoisotopic (exact) mass is 286 g/mol. The van der Waals surface area contributed by atoms with Gasteiger partial charge in [-0.1, -0.05) is 32.9 Å². The van der Waals surface area contributed by atoms with E-state index in [1.165, 1.54) is 11.1 Å². The summed E-state index contributed by atoms with van der Waals surface area (Å²) in [6, 6.07) is 6.15. The number of amides is 2. The fraction of sp³-hybridized carbons (Fsp3) is 0.529. The average molecular weight is 286 g/mol. The molecule has 0 radical (unpaired) electrons. The van der Waals surface area contributed by atoms with Crippen LogP contribution in [0.2, 0.25) is 0 Å². The molecule has 0 saturated carbocycles. The van der Waals surface area contributed by atoms with Gasteiger partial charge in [0.2, 0.25) is 11.8 Å². The Labute approximate surface area is 125 Å². The Morgan fingerprint density at radius 3 is 2.62 bits per heavy atom. The highest BCUT2D eigenvalue weighted by Crippen LogP contribution is 2.38. The summed E-state index contributed by atoms with van der Waals surface area (Å²) in [4.78, 5) is 25.6. The lowest BCUT2D eigenvalue weighted by Crippen LogP contribution is -2.52. The van der Waals surface area contributed by atoms with E-state index in [1.807, 2.05) is 0 Å². The van der Waals surface area contributed by atoms with Crippen LogP contribution < -0.4 is 10.2 Å². The fourth-order valence-corrected chi connectivity index (χ4v) is 3.47. The molecule has 21 heavy (non-hydrogen) atoms. The molecule has 0 bridgehead atoms. The summed E-state index contributed by atoms with van der Waals surface area (Å²) in [5.74, 6) is -0.306. The highest BCUT2D eigenvalue weighted by molar-refractivity contribution is 6.02. The molecule has 0 spiro atoms. The van der Waals surface area contributed by atoms with Crippen LogP contribution in [-0.4, -0.2) is 24.4 Å². The molecule has 3 rings (SSSR count). The predicted molar refractivity (Wildman–Crippen MR) is 82.4 cm³/mol. The quantitative estimate of drug-likeness (QED) is 0.805. The summed E-state index contributed by atoms with van der Waals surface area (Å²) < 4.78 is 0. The van der Waals surface area contributed by atoms with Crippen molar-refractivity contribution in [2.24, 2.45) is 0 Å². The molecule has 2 aliphatic heterocycles. The zero-order valence-electron chi connectivity index (χ0n) is 12.9. The third-order valence-electron chi connectivity index (χ3n) is 4.46. The lowest BCUT2D eigenvalue weighted by molar-refractivity contribution is -0.134. The summed E-state index contributed by atoms with van der Waals surface area (Å²) >= 11 is 0. The van der Waals surface area contributed by atoms with Crippen molar-refractivity contribution in [3.8, 4) is 0 Å². The highest BCUT2D eigenvalue weighted by Gasteiger charge is 2.36. The number of hydrogen-bond donors (Lipinski definition) is 1. The van der Waals surface area contributed by atoms with E-state index in [1.54, 1.807) is 0 Å². The second-order valence-corrected chi connectivity index (χ2v) is 6.96. The first kappa shape index (κ1) is 14.1. The molecule has 1 aromatic carbocycles. The van der Waals surface area contributed by atoms with Crippen LogP contribution in [0.3, 0.4) is 0 Å². The Hall–Kier alpha value is -1.84. The van der Waals surface area contributed by atoms with E-state index in [4.69, 9.17) is 0 Å². The molecule has 2 heterocycles. The Bertz CT molecular complexity index is 601. The number of carbonyl (C=O) groups excluding carboxylic acids is 2. The van der Waals surface area contributed by atoms with Crippen LogP contribution in [0.1, 0.15) is 44.7 Å².